The summed E-state index contributed by atoms with van der Waals surface area (Å²) >= 11 is 0. The SMILES string of the molecule is CCN(CC)C(=O)c1cccc(-c2cccc(NC(=O)NCc3cccnc3)c2)c1N[SH](=O)=O. The van der Waals surface area contributed by atoms with Gasteiger partial charge >= 0.3 is 6.03 Å². The van der Waals surface area contributed by atoms with Gasteiger partial charge in [-0.05, 0) is 49.2 Å². The summed E-state index contributed by atoms with van der Waals surface area (Å²) in [5.74, 6) is -0.268. The lowest BCUT2D eigenvalue weighted by molar-refractivity contribution is 0.0774. The fourth-order valence-corrected chi connectivity index (χ4v) is 3.91. The second kappa shape index (κ2) is 11.8. The van der Waals surface area contributed by atoms with Crippen LogP contribution in [0, 0.1) is 0 Å². The molecule has 178 valence electrons. The van der Waals surface area contributed by atoms with E-state index >= 15 is 0 Å². The number of anilines is 2. The minimum Gasteiger partial charge on any atom is -0.339 e. The van der Waals surface area contributed by atoms with Crippen molar-refractivity contribution in [3.8, 4) is 11.1 Å². The third kappa shape index (κ3) is 6.32. The molecule has 0 radical (unpaired) electrons. The molecule has 0 unspecified atom stereocenters. The van der Waals surface area contributed by atoms with E-state index in [9.17, 15) is 18.0 Å². The number of aromatic nitrogens is 1. The molecule has 0 spiro atoms. The van der Waals surface area contributed by atoms with Gasteiger partial charge in [0.2, 0.25) is 10.9 Å². The van der Waals surface area contributed by atoms with Crippen LogP contribution in [0.1, 0.15) is 29.8 Å². The van der Waals surface area contributed by atoms with Gasteiger partial charge in [0, 0.05) is 43.3 Å². The van der Waals surface area contributed by atoms with Gasteiger partial charge in [-0.3, -0.25) is 14.5 Å². The molecule has 0 fully saturated rings. The highest BCUT2D eigenvalue weighted by Gasteiger charge is 2.20. The standard InChI is InChI=1S/C24H27N5O4S/c1-3-29(4-2)23(30)21-12-6-11-20(22(21)28-34(32)33)18-9-5-10-19(14-18)27-24(31)26-16-17-8-7-13-25-15-17/h5-15,34H,3-4,16H2,1-2H3,(H2,26,27,31)(H,28,32,33). The van der Waals surface area contributed by atoms with Gasteiger partial charge in [-0.1, -0.05) is 30.3 Å². The Morgan fingerprint density at radius 3 is 2.44 bits per heavy atom. The van der Waals surface area contributed by atoms with E-state index in [0.29, 0.717) is 36.4 Å². The van der Waals surface area contributed by atoms with E-state index in [2.05, 4.69) is 20.3 Å². The highest BCUT2D eigenvalue weighted by Crippen LogP contribution is 2.33. The number of rotatable bonds is 9. The number of nitrogens with zero attached hydrogens (tertiary/aromatic N) is 2. The predicted molar refractivity (Wildman–Crippen MR) is 133 cm³/mol. The number of hydrogen-bond acceptors (Lipinski definition) is 5. The fourth-order valence-electron chi connectivity index (χ4n) is 3.49. The van der Waals surface area contributed by atoms with Crippen molar-refractivity contribution in [2.75, 3.05) is 23.1 Å². The molecule has 0 bridgehead atoms. The van der Waals surface area contributed by atoms with Crippen LogP contribution in [0.3, 0.4) is 0 Å². The number of urea groups is 1. The Hall–Kier alpha value is -3.92. The average molecular weight is 482 g/mol. The van der Waals surface area contributed by atoms with E-state index in [0.717, 1.165) is 5.56 Å². The Kier molecular flexibility index (Phi) is 8.58. The predicted octanol–water partition coefficient (Wildman–Crippen LogP) is 3.49. The van der Waals surface area contributed by atoms with Crippen LogP contribution in [-0.4, -0.2) is 43.3 Å². The van der Waals surface area contributed by atoms with Gasteiger partial charge in [-0.25, -0.2) is 13.2 Å². The molecule has 1 heterocycles. The van der Waals surface area contributed by atoms with Crippen LogP contribution in [0.2, 0.25) is 0 Å². The summed E-state index contributed by atoms with van der Waals surface area (Å²) in [7, 11) is -3.01. The molecule has 3 aromatic rings. The van der Waals surface area contributed by atoms with Crippen molar-refractivity contribution in [1.29, 1.82) is 0 Å². The molecule has 0 aliphatic rings. The maximum Gasteiger partial charge on any atom is 0.319 e. The Morgan fingerprint density at radius 1 is 1.00 bits per heavy atom. The number of carbonyl (C=O) groups excluding carboxylic acids is 2. The van der Waals surface area contributed by atoms with Gasteiger partial charge < -0.3 is 15.5 Å². The molecule has 0 atom stereocenters. The summed E-state index contributed by atoms with van der Waals surface area (Å²) in [6.07, 6.45) is 3.33. The van der Waals surface area contributed by atoms with Crippen LogP contribution in [-0.2, 0) is 17.4 Å². The van der Waals surface area contributed by atoms with Crippen LogP contribution < -0.4 is 15.4 Å². The summed E-state index contributed by atoms with van der Waals surface area (Å²) in [5.41, 5.74) is 3.00. The average Bonchev–Trinajstić information content (AvgIpc) is 2.84. The lowest BCUT2D eigenvalue weighted by Crippen LogP contribution is -2.31. The summed E-state index contributed by atoms with van der Waals surface area (Å²) in [4.78, 5) is 31.0. The van der Waals surface area contributed by atoms with E-state index in [4.69, 9.17) is 0 Å². The number of nitrogens with one attached hydrogen (secondary N) is 3. The molecule has 0 saturated heterocycles. The molecule has 0 saturated carbocycles. The minimum absolute atomic E-state index is 0.202. The van der Waals surface area contributed by atoms with Gasteiger partial charge in [0.1, 0.15) is 0 Å². The Bertz CT molecular complexity index is 1220. The fraction of sp³-hybridized carbons (Fsp3) is 0.208. The molecule has 3 N–H and O–H groups in total. The third-order valence-corrected chi connectivity index (χ3v) is 5.56. The van der Waals surface area contributed by atoms with E-state index in [-0.39, 0.29) is 17.2 Å². The number of pyridine rings is 1. The Morgan fingerprint density at radius 2 is 1.76 bits per heavy atom. The molecule has 0 aliphatic carbocycles. The molecule has 34 heavy (non-hydrogen) atoms. The number of para-hydroxylation sites is 1. The van der Waals surface area contributed by atoms with Crippen LogP contribution >= 0.6 is 0 Å². The van der Waals surface area contributed by atoms with E-state index in [1.54, 1.807) is 65.8 Å². The maximum absolute atomic E-state index is 13.0. The number of carbonyl (C=O) groups is 2. The first-order chi connectivity index (χ1) is 16.4. The summed E-state index contributed by atoms with van der Waals surface area (Å²) in [6, 6.07) is 15.2. The van der Waals surface area contributed by atoms with Gasteiger partial charge in [-0.15, -0.1) is 0 Å². The van der Waals surface area contributed by atoms with Gasteiger partial charge in [0.25, 0.3) is 5.91 Å². The Balaban J connectivity index is 1.88. The number of hydrogen-bond donors (Lipinski definition) is 4. The van der Waals surface area contributed by atoms with Crippen molar-refractivity contribution in [1.82, 2.24) is 15.2 Å². The highest BCUT2D eigenvalue weighted by atomic mass is 32.2. The van der Waals surface area contributed by atoms with E-state index in [1.165, 1.54) is 0 Å². The molecule has 3 rings (SSSR count). The van der Waals surface area contributed by atoms with Crippen molar-refractivity contribution in [3.63, 3.8) is 0 Å². The van der Waals surface area contributed by atoms with E-state index < -0.39 is 16.9 Å². The summed E-state index contributed by atoms with van der Waals surface area (Å²) in [6.45, 7) is 5.04. The monoisotopic (exact) mass is 481 g/mol. The van der Waals surface area contributed by atoms with Gasteiger partial charge in [0.15, 0.2) is 0 Å². The molecule has 9 nitrogen and oxygen atoms in total. The van der Waals surface area contributed by atoms with Gasteiger partial charge in [0.05, 0.1) is 11.3 Å². The zero-order chi connectivity index (χ0) is 24.5. The lowest BCUT2D eigenvalue weighted by atomic mass is 9.99. The van der Waals surface area contributed by atoms with Crippen molar-refractivity contribution in [2.24, 2.45) is 0 Å². The van der Waals surface area contributed by atoms with Crippen molar-refractivity contribution in [3.05, 3.63) is 78.1 Å². The first-order valence-corrected chi connectivity index (χ1v) is 12.0. The molecular weight excluding hydrogens is 454 g/mol. The highest BCUT2D eigenvalue weighted by molar-refractivity contribution is 7.73. The molecule has 10 heteroatoms. The van der Waals surface area contributed by atoms with Crippen LogP contribution in [0.4, 0.5) is 16.2 Å². The molecular formula is C24H27N5O4S. The molecule has 0 aliphatic heterocycles. The second-order valence-corrected chi connectivity index (χ2v) is 8.06. The zero-order valence-corrected chi connectivity index (χ0v) is 19.8. The van der Waals surface area contributed by atoms with Crippen molar-refractivity contribution in [2.45, 2.75) is 20.4 Å². The first-order valence-electron chi connectivity index (χ1n) is 10.8. The third-order valence-electron chi connectivity index (χ3n) is 5.16. The smallest absolute Gasteiger partial charge is 0.319 e. The van der Waals surface area contributed by atoms with Crippen molar-refractivity contribution < 1.29 is 18.0 Å². The second-order valence-electron chi connectivity index (χ2n) is 7.32. The zero-order valence-electron chi connectivity index (χ0n) is 18.9. The molecule has 3 amide bonds. The van der Waals surface area contributed by atoms with Crippen LogP contribution in [0.5, 0.6) is 0 Å². The van der Waals surface area contributed by atoms with E-state index in [1.807, 2.05) is 19.9 Å². The number of benzene rings is 2. The Labute approximate surface area is 200 Å². The summed E-state index contributed by atoms with van der Waals surface area (Å²) in [5, 5.41) is 5.53. The van der Waals surface area contributed by atoms with Gasteiger partial charge in [-0.2, -0.15) is 0 Å². The van der Waals surface area contributed by atoms with Crippen molar-refractivity contribution >= 4 is 34.2 Å². The largest absolute Gasteiger partial charge is 0.339 e. The topological polar surface area (TPSA) is 120 Å². The quantitative estimate of drug-likeness (QED) is 0.349. The summed E-state index contributed by atoms with van der Waals surface area (Å²) < 4.78 is 25.6. The lowest BCUT2D eigenvalue weighted by Gasteiger charge is -2.21. The number of amides is 3. The maximum atomic E-state index is 13.0. The van der Waals surface area contributed by atoms with Crippen LogP contribution in [0.15, 0.2) is 67.0 Å². The molecule has 2 aromatic carbocycles. The first kappa shape index (κ1) is 24.7. The molecule has 1 aromatic heterocycles. The normalized spacial score (nSPS) is 10.6. The minimum atomic E-state index is -3.01. The number of thiol groups is 1. The van der Waals surface area contributed by atoms with Crippen LogP contribution in [0.25, 0.3) is 11.1 Å².